The van der Waals surface area contributed by atoms with Crippen molar-refractivity contribution in [3.05, 3.63) is 214 Å². The molecule has 0 spiro atoms. The minimum atomic E-state index is -1.26. The van der Waals surface area contributed by atoms with Gasteiger partial charge >= 0.3 is 0 Å². The Morgan fingerprint density at radius 2 is 0.500 bits per heavy atom. The first-order chi connectivity index (χ1) is 20.6. The van der Waals surface area contributed by atoms with E-state index in [1.165, 1.54) is 0 Å². The molecule has 2 heteroatoms. The van der Waals surface area contributed by atoms with Crippen molar-refractivity contribution in [3.63, 3.8) is 0 Å². The zero-order chi connectivity index (χ0) is 28.8. The molecule has 42 heavy (non-hydrogen) atoms. The molecule has 0 radical (unpaired) electrons. The molecule has 0 saturated carbocycles. The summed E-state index contributed by atoms with van der Waals surface area (Å²) < 4.78 is 0. The van der Waals surface area contributed by atoms with Gasteiger partial charge in [-0.2, -0.15) is 0 Å². The zero-order valence-electron chi connectivity index (χ0n) is 23.2. The van der Waals surface area contributed by atoms with Crippen LogP contribution in [0, 0.1) is 0 Å². The maximum Gasteiger partial charge on any atom is 0.140 e. The van der Waals surface area contributed by atoms with E-state index in [4.69, 9.17) is 0 Å². The Hall–Kier alpha value is -5.02. The largest absolute Gasteiger partial charge is 0.376 e. The van der Waals surface area contributed by atoms with Gasteiger partial charge in [0.05, 0.1) is 0 Å². The quantitative estimate of drug-likeness (QED) is 0.149. The van der Waals surface area contributed by atoms with Crippen molar-refractivity contribution in [1.29, 1.82) is 0 Å². The topological polar surface area (TPSA) is 40.5 Å². The highest BCUT2D eigenvalue weighted by Gasteiger charge is 2.34. The first-order valence-electron chi connectivity index (χ1n) is 14.1. The van der Waals surface area contributed by atoms with E-state index in [1.54, 1.807) is 0 Å². The van der Waals surface area contributed by atoms with Crippen LogP contribution in [0.3, 0.4) is 0 Å². The molecule has 2 nitrogen and oxygen atoms in total. The molecular weight excluding hydrogens is 512 g/mol. The molecule has 0 aromatic heterocycles. The fourth-order valence-electron chi connectivity index (χ4n) is 5.58. The summed E-state index contributed by atoms with van der Waals surface area (Å²) in [6.45, 7) is 0. The Morgan fingerprint density at radius 3 is 0.738 bits per heavy atom. The second-order valence-electron chi connectivity index (χ2n) is 10.5. The Bertz CT molecular complexity index is 1530. The van der Waals surface area contributed by atoms with E-state index in [2.05, 4.69) is 12.2 Å². The van der Waals surface area contributed by atoms with Crippen LogP contribution in [-0.2, 0) is 11.2 Å². The van der Waals surface area contributed by atoms with Crippen LogP contribution in [0.5, 0.6) is 0 Å². The Kier molecular flexibility index (Phi) is 7.66. The van der Waals surface area contributed by atoms with Gasteiger partial charge in [-0.15, -0.1) is 0 Å². The van der Waals surface area contributed by atoms with Crippen molar-refractivity contribution >= 4 is 12.2 Å². The highest BCUT2D eigenvalue weighted by molar-refractivity contribution is 5.70. The van der Waals surface area contributed by atoms with E-state index < -0.39 is 11.2 Å². The highest BCUT2D eigenvalue weighted by atomic mass is 16.3. The van der Waals surface area contributed by atoms with Gasteiger partial charge in [0.25, 0.3) is 0 Å². The van der Waals surface area contributed by atoms with Crippen LogP contribution in [0.1, 0.15) is 44.5 Å². The molecule has 2 N–H and O–H groups in total. The lowest BCUT2D eigenvalue weighted by molar-refractivity contribution is 0.125. The van der Waals surface area contributed by atoms with Gasteiger partial charge in [-0.1, -0.05) is 182 Å². The average Bonchev–Trinajstić information content (AvgIpc) is 3.08. The third-order valence-corrected chi connectivity index (χ3v) is 7.89. The zero-order valence-corrected chi connectivity index (χ0v) is 23.2. The summed E-state index contributed by atoms with van der Waals surface area (Å²) in [5.74, 6) is 0. The van der Waals surface area contributed by atoms with E-state index in [0.717, 1.165) is 44.5 Å². The molecule has 0 heterocycles. The third-order valence-electron chi connectivity index (χ3n) is 7.89. The molecule has 0 aliphatic carbocycles. The van der Waals surface area contributed by atoms with E-state index in [9.17, 15) is 10.2 Å². The summed E-state index contributed by atoms with van der Waals surface area (Å²) in [7, 11) is 0. The second kappa shape index (κ2) is 11.8. The SMILES string of the molecule is OC(c1ccccc1)(c1ccccc1)c1ccc(/C=C/c2ccc(C(O)(c3ccccc3)c3ccccc3)cc2)cc1. The molecule has 0 saturated heterocycles. The Labute approximate surface area is 247 Å². The fraction of sp³-hybridized carbons (Fsp3) is 0.0500. The summed E-state index contributed by atoms with van der Waals surface area (Å²) in [6, 6.07) is 55.2. The summed E-state index contributed by atoms with van der Waals surface area (Å²) in [6.07, 6.45) is 4.12. The van der Waals surface area contributed by atoms with Crippen molar-refractivity contribution in [2.45, 2.75) is 11.2 Å². The molecule has 0 aliphatic heterocycles. The fourth-order valence-corrected chi connectivity index (χ4v) is 5.58. The Balaban J connectivity index is 1.27. The standard InChI is InChI=1S/C40H32O2/c41-39(33-13-5-1-6-14-33,34-15-7-2-8-16-34)37-27-23-31(24-28-37)21-22-32-25-29-38(30-26-32)40(42,35-17-9-3-10-18-35)36-19-11-4-12-20-36/h1-30,41-42H/b22-21+. The normalized spacial score (nSPS) is 12.0. The van der Waals surface area contributed by atoms with E-state index in [1.807, 2.05) is 170 Å². The van der Waals surface area contributed by atoms with Gasteiger partial charge in [0.1, 0.15) is 11.2 Å². The molecule has 0 amide bonds. The second-order valence-corrected chi connectivity index (χ2v) is 10.5. The number of hydrogen-bond acceptors (Lipinski definition) is 2. The number of benzene rings is 6. The van der Waals surface area contributed by atoms with Crippen LogP contribution in [0.25, 0.3) is 12.2 Å². The first kappa shape index (κ1) is 27.2. The lowest BCUT2D eigenvalue weighted by atomic mass is 9.80. The maximum absolute atomic E-state index is 12.0. The number of aliphatic hydroxyl groups is 2. The molecule has 0 bridgehead atoms. The molecule has 0 fully saturated rings. The van der Waals surface area contributed by atoms with Gasteiger partial charge in [-0.3, -0.25) is 0 Å². The molecular formula is C40H32O2. The lowest BCUT2D eigenvalue weighted by Gasteiger charge is -2.30. The van der Waals surface area contributed by atoms with Crippen molar-refractivity contribution in [3.8, 4) is 0 Å². The molecule has 0 unspecified atom stereocenters. The van der Waals surface area contributed by atoms with Crippen molar-refractivity contribution in [1.82, 2.24) is 0 Å². The smallest absolute Gasteiger partial charge is 0.140 e. The minimum Gasteiger partial charge on any atom is -0.376 e. The van der Waals surface area contributed by atoms with Crippen LogP contribution in [-0.4, -0.2) is 10.2 Å². The van der Waals surface area contributed by atoms with Gasteiger partial charge in [-0.05, 0) is 44.5 Å². The molecule has 0 aliphatic rings. The van der Waals surface area contributed by atoms with Gasteiger partial charge < -0.3 is 10.2 Å². The van der Waals surface area contributed by atoms with Crippen LogP contribution in [0.2, 0.25) is 0 Å². The van der Waals surface area contributed by atoms with Crippen molar-refractivity contribution in [2.24, 2.45) is 0 Å². The number of hydrogen-bond donors (Lipinski definition) is 2. The van der Waals surface area contributed by atoms with Crippen LogP contribution in [0.15, 0.2) is 170 Å². The third kappa shape index (κ3) is 5.22. The van der Waals surface area contributed by atoms with Gasteiger partial charge in [0.2, 0.25) is 0 Å². The highest BCUT2D eigenvalue weighted by Crippen LogP contribution is 2.38. The summed E-state index contributed by atoms with van der Waals surface area (Å²) in [4.78, 5) is 0. The molecule has 6 rings (SSSR count). The van der Waals surface area contributed by atoms with E-state index in [0.29, 0.717) is 0 Å². The summed E-state index contributed by atoms with van der Waals surface area (Å²) in [5, 5.41) is 24.1. The molecule has 6 aromatic rings. The minimum absolute atomic E-state index is 0.808. The number of rotatable bonds is 8. The van der Waals surface area contributed by atoms with Gasteiger partial charge in [0, 0.05) is 0 Å². The lowest BCUT2D eigenvalue weighted by Crippen LogP contribution is -2.28. The van der Waals surface area contributed by atoms with Crippen molar-refractivity contribution < 1.29 is 10.2 Å². The predicted octanol–water partition coefficient (Wildman–Crippen LogP) is 8.43. The monoisotopic (exact) mass is 544 g/mol. The average molecular weight is 545 g/mol. The molecule has 6 aromatic carbocycles. The predicted molar refractivity (Wildman–Crippen MR) is 172 cm³/mol. The van der Waals surface area contributed by atoms with Crippen LogP contribution < -0.4 is 0 Å². The van der Waals surface area contributed by atoms with Gasteiger partial charge in [-0.25, -0.2) is 0 Å². The van der Waals surface area contributed by atoms with E-state index in [-0.39, 0.29) is 0 Å². The molecule has 204 valence electrons. The first-order valence-corrected chi connectivity index (χ1v) is 14.1. The molecule has 0 atom stereocenters. The van der Waals surface area contributed by atoms with Crippen molar-refractivity contribution in [2.75, 3.05) is 0 Å². The van der Waals surface area contributed by atoms with Crippen LogP contribution >= 0.6 is 0 Å². The summed E-state index contributed by atoms with van der Waals surface area (Å²) in [5.41, 5.74) is 4.45. The van der Waals surface area contributed by atoms with E-state index >= 15 is 0 Å². The van der Waals surface area contributed by atoms with Gasteiger partial charge in [0.15, 0.2) is 0 Å². The Morgan fingerprint density at radius 1 is 0.286 bits per heavy atom. The maximum atomic E-state index is 12.0. The summed E-state index contributed by atoms with van der Waals surface area (Å²) >= 11 is 0. The van der Waals surface area contributed by atoms with Crippen LogP contribution in [0.4, 0.5) is 0 Å².